The molecule has 0 spiro atoms. The Hall–Kier alpha value is -2.23. The molecule has 8 heteroatoms. The molecule has 6 nitrogen and oxygen atoms in total. The number of hydrogen-bond donors (Lipinski definition) is 1. The molecule has 23 heavy (non-hydrogen) atoms. The highest BCUT2D eigenvalue weighted by atomic mass is 35.5. The Labute approximate surface area is 143 Å². The van der Waals surface area contributed by atoms with Crippen molar-refractivity contribution in [3.8, 4) is 6.07 Å². The topological polar surface area (TPSA) is 82.4 Å². The number of ether oxygens (including phenoxy) is 1. The van der Waals surface area contributed by atoms with E-state index >= 15 is 0 Å². The van der Waals surface area contributed by atoms with E-state index in [0.717, 1.165) is 4.90 Å². The maximum absolute atomic E-state index is 12.2. The largest absolute Gasteiger partial charge is 0.449 e. The van der Waals surface area contributed by atoms with Crippen molar-refractivity contribution < 1.29 is 14.3 Å². The van der Waals surface area contributed by atoms with Crippen molar-refractivity contribution in [2.75, 3.05) is 6.61 Å². The quantitative estimate of drug-likeness (QED) is 0.870. The number of allylic oxidation sites excluding steroid dienone is 1. The Morgan fingerprint density at radius 1 is 1.43 bits per heavy atom. The first-order chi connectivity index (χ1) is 10.9. The van der Waals surface area contributed by atoms with E-state index in [1.807, 2.05) is 6.07 Å². The molecule has 1 aliphatic heterocycles. The monoisotopic (exact) mass is 353 g/mol. The SMILES string of the molecule is CCOC(=O)N1C(=O)NC(C)=C(C#N)C1c1ccc(Cl)c(Cl)c1. The van der Waals surface area contributed by atoms with E-state index < -0.39 is 18.2 Å². The van der Waals surface area contributed by atoms with Gasteiger partial charge in [0.2, 0.25) is 0 Å². The van der Waals surface area contributed by atoms with Gasteiger partial charge in [0, 0.05) is 5.70 Å². The molecule has 2 rings (SSSR count). The average molecular weight is 354 g/mol. The third-order valence-corrected chi connectivity index (χ3v) is 4.03. The number of nitriles is 1. The number of carbonyl (C=O) groups excluding carboxylic acids is 2. The Bertz CT molecular complexity index is 740. The lowest BCUT2D eigenvalue weighted by Gasteiger charge is -2.34. The molecule has 0 saturated carbocycles. The van der Waals surface area contributed by atoms with Gasteiger partial charge >= 0.3 is 12.1 Å². The molecule has 3 amide bonds. The molecule has 1 aromatic carbocycles. The van der Waals surface area contributed by atoms with Crippen LogP contribution in [0.1, 0.15) is 25.5 Å². The molecule has 1 atom stereocenters. The van der Waals surface area contributed by atoms with Crippen LogP contribution in [0.5, 0.6) is 0 Å². The van der Waals surface area contributed by atoms with E-state index in [0.29, 0.717) is 16.3 Å². The van der Waals surface area contributed by atoms with Crippen molar-refractivity contribution >= 4 is 35.3 Å². The Balaban J connectivity index is 2.60. The average Bonchev–Trinajstić information content (AvgIpc) is 2.49. The van der Waals surface area contributed by atoms with Gasteiger partial charge in [-0.2, -0.15) is 5.26 Å². The van der Waals surface area contributed by atoms with Gasteiger partial charge in [-0.05, 0) is 31.5 Å². The van der Waals surface area contributed by atoms with Gasteiger partial charge in [0.25, 0.3) is 0 Å². The zero-order chi connectivity index (χ0) is 17.1. The highest BCUT2D eigenvalue weighted by molar-refractivity contribution is 6.42. The number of urea groups is 1. The van der Waals surface area contributed by atoms with Crippen LogP contribution in [0, 0.1) is 11.3 Å². The van der Waals surface area contributed by atoms with E-state index in [-0.39, 0.29) is 17.2 Å². The second-order valence-corrected chi connectivity index (χ2v) is 5.54. The number of benzene rings is 1. The van der Waals surface area contributed by atoms with Gasteiger partial charge in [-0.15, -0.1) is 0 Å². The van der Waals surface area contributed by atoms with Crippen molar-refractivity contribution in [1.29, 1.82) is 5.26 Å². The number of nitrogens with one attached hydrogen (secondary N) is 1. The fourth-order valence-electron chi connectivity index (χ4n) is 2.26. The van der Waals surface area contributed by atoms with Gasteiger partial charge in [-0.25, -0.2) is 14.5 Å². The van der Waals surface area contributed by atoms with Gasteiger partial charge in [-0.3, -0.25) is 0 Å². The molecule has 0 saturated heterocycles. The minimum Gasteiger partial charge on any atom is -0.449 e. The number of imide groups is 1. The van der Waals surface area contributed by atoms with Crippen LogP contribution in [-0.2, 0) is 4.74 Å². The van der Waals surface area contributed by atoms with Gasteiger partial charge in [0.1, 0.15) is 6.04 Å². The number of halogens is 2. The van der Waals surface area contributed by atoms with Crippen LogP contribution in [0.3, 0.4) is 0 Å². The summed E-state index contributed by atoms with van der Waals surface area (Å²) in [5.74, 6) is 0. The highest BCUT2D eigenvalue weighted by Crippen LogP contribution is 2.36. The number of nitrogens with zero attached hydrogens (tertiary/aromatic N) is 2. The first kappa shape index (κ1) is 17.1. The summed E-state index contributed by atoms with van der Waals surface area (Å²) in [5, 5.41) is 12.5. The molecular weight excluding hydrogens is 341 g/mol. The Morgan fingerprint density at radius 2 is 2.13 bits per heavy atom. The highest BCUT2D eigenvalue weighted by Gasteiger charge is 2.39. The number of amides is 3. The molecule has 0 bridgehead atoms. The predicted molar refractivity (Wildman–Crippen MR) is 84.9 cm³/mol. The number of carbonyl (C=O) groups is 2. The van der Waals surface area contributed by atoms with Crippen molar-refractivity contribution in [2.45, 2.75) is 19.9 Å². The normalized spacial score (nSPS) is 17.6. The Morgan fingerprint density at radius 3 is 2.70 bits per heavy atom. The molecular formula is C15H13Cl2N3O3. The van der Waals surface area contributed by atoms with Crippen molar-refractivity contribution in [1.82, 2.24) is 10.2 Å². The molecule has 1 unspecified atom stereocenters. The van der Waals surface area contributed by atoms with Gasteiger partial charge in [-0.1, -0.05) is 29.3 Å². The third-order valence-electron chi connectivity index (χ3n) is 3.29. The van der Waals surface area contributed by atoms with E-state index in [2.05, 4.69) is 5.32 Å². The van der Waals surface area contributed by atoms with E-state index in [4.69, 9.17) is 27.9 Å². The van der Waals surface area contributed by atoms with Crippen LogP contribution in [0.25, 0.3) is 0 Å². The molecule has 1 aromatic rings. The van der Waals surface area contributed by atoms with Crippen LogP contribution in [-0.4, -0.2) is 23.6 Å². The van der Waals surface area contributed by atoms with Crippen LogP contribution in [0.15, 0.2) is 29.5 Å². The summed E-state index contributed by atoms with van der Waals surface area (Å²) in [7, 11) is 0. The lowest BCUT2D eigenvalue weighted by atomic mass is 9.95. The van der Waals surface area contributed by atoms with Crippen LogP contribution in [0.4, 0.5) is 9.59 Å². The minimum atomic E-state index is -0.928. The summed E-state index contributed by atoms with van der Waals surface area (Å²) >= 11 is 11.9. The van der Waals surface area contributed by atoms with Crippen LogP contribution in [0.2, 0.25) is 10.0 Å². The maximum Gasteiger partial charge on any atom is 0.418 e. The molecule has 0 fully saturated rings. The van der Waals surface area contributed by atoms with Crippen LogP contribution >= 0.6 is 23.2 Å². The molecule has 120 valence electrons. The lowest BCUT2D eigenvalue weighted by Crippen LogP contribution is -2.50. The summed E-state index contributed by atoms with van der Waals surface area (Å²) < 4.78 is 4.92. The summed E-state index contributed by atoms with van der Waals surface area (Å²) in [6.45, 7) is 3.31. The molecule has 1 N–H and O–H groups in total. The zero-order valence-electron chi connectivity index (χ0n) is 12.4. The first-order valence-corrected chi connectivity index (χ1v) is 7.49. The fraction of sp³-hybridized carbons (Fsp3) is 0.267. The predicted octanol–water partition coefficient (Wildman–Crippen LogP) is 4.01. The zero-order valence-corrected chi connectivity index (χ0v) is 13.9. The van der Waals surface area contributed by atoms with E-state index in [1.54, 1.807) is 26.0 Å². The Kier molecular flexibility index (Phi) is 5.14. The van der Waals surface area contributed by atoms with E-state index in [1.165, 1.54) is 6.07 Å². The first-order valence-electron chi connectivity index (χ1n) is 6.73. The van der Waals surface area contributed by atoms with Crippen molar-refractivity contribution in [3.05, 3.63) is 45.1 Å². The number of hydrogen-bond acceptors (Lipinski definition) is 4. The number of rotatable bonds is 2. The summed E-state index contributed by atoms with van der Waals surface area (Å²) in [6.07, 6.45) is -0.846. The smallest absolute Gasteiger partial charge is 0.418 e. The summed E-state index contributed by atoms with van der Waals surface area (Å²) in [6, 6.07) is 5.09. The van der Waals surface area contributed by atoms with Crippen molar-refractivity contribution in [2.24, 2.45) is 0 Å². The fourth-order valence-corrected chi connectivity index (χ4v) is 2.57. The van der Waals surface area contributed by atoms with E-state index in [9.17, 15) is 14.9 Å². The third kappa shape index (κ3) is 3.26. The standard InChI is InChI=1S/C15H13Cl2N3O3/c1-3-23-15(22)20-13(9-4-5-11(16)12(17)6-9)10(7-18)8(2)19-14(20)21/h4-6,13H,3H2,1-2H3,(H,19,21). The summed E-state index contributed by atoms with van der Waals surface area (Å²) in [4.78, 5) is 25.2. The van der Waals surface area contributed by atoms with Gasteiger partial charge < -0.3 is 10.1 Å². The van der Waals surface area contributed by atoms with Crippen LogP contribution < -0.4 is 5.32 Å². The second kappa shape index (κ2) is 6.90. The van der Waals surface area contributed by atoms with Gasteiger partial charge in [0.15, 0.2) is 0 Å². The molecule has 0 aromatic heterocycles. The summed E-state index contributed by atoms with van der Waals surface area (Å²) in [5.41, 5.74) is 1.07. The molecule has 0 radical (unpaired) electrons. The second-order valence-electron chi connectivity index (χ2n) is 4.73. The van der Waals surface area contributed by atoms with Crippen molar-refractivity contribution in [3.63, 3.8) is 0 Å². The van der Waals surface area contributed by atoms with Gasteiger partial charge in [0.05, 0.1) is 28.3 Å². The lowest BCUT2D eigenvalue weighted by molar-refractivity contribution is 0.104. The molecule has 1 aliphatic rings. The minimum absolute atomic E-state index is 0.0985. The maximum atomic E-state index is 12.2. The molecule has 0 aliphatic carbocycles. The molecule has 1 heterocycles.